The summed E-state index contributed by atoms with van der Waals surface area (Å²) in [4.78, 5) is 14.3. The van der Waals surface area contributed by atoms with E-state index in [9.17, 15) is 13.2 Å². The average Bonchev–Trinajstić information content (AvgIpc) is 2.72. The van der Waals surface area contributed by atoms with Crippen LogP contribution in [0.4, 0.5) is 13.2 Å². The summed E-state index contributed by atoms with van der Waals surface area (Å²) in [6.07, 6.45) is -1.85. The molecule has 9 heteroatoms. The van der Waals surface area contributed by atoms with Gasteiger partial charge in [0.15, 0.2) is 5.65 Å². The molecule has 2 aromatic heterocycles. The molecule has 2 heterocycles. The Balaban J connectivity index is 2.34. The van der Waals surface area contributed by atoms with Crippen LogP contribution in [-0.2, 0) is 0 Å². The quantitative estimate of drug-likeness (QED) is 0.659. The number of halogens is 3. The molecule has 0 radical (unpaired) electrons. The normalized spacial score (nSPS) is 15.8. The van der Waals surface area contributed by atoms with Crippen LogP contribution in [0.3, 0.4) is 0 Å². The monoisotopic (exact) mass is 277 g/mol. The van der Waals surface area contributed by atoms with Gasteiger partial charge in [-0.25, -0.2) is 15.0 Å². The molecule has 0 amide bonds. The third-order valence-corrected chi connectivity index (χ3v) is 3.71. The Labute approximate surface area is 104 Å². The molecule has 2 atom stereocenters. The van der Waals surface area contributed by atoms with Crippen molar-refractivity contribution in [2.24, 2.45) is 5.73 Å². The number of rotatable bonds is 3. The maximum Gasteiger partial charge on any atom is 0.402 e. The van der Waals surface area contributed by atoms with E-state index in [0.29, 0.717) is 22.9 Å². The molecule has 98 valence electrons. The molecule has 0 aliphatic heterocycles. The van der Waals surface area contributed by atoms with Gasteiger partial charge in [-0.3, -0.25) is 0 Å². The van der Waals surface area contributed by atoms with Crippen LogP contribution in [0.2, 0.25) is 0 Å². The molecular weight excluding hydrogens is 267 g/mol. The number of hydrogen-bond donors (Lipinski definition) is 2. The number of nitrogens with zero attached hydrogens (tertiary/aromatic N) is 3. The lowest BCUT2D eigenvalue weighted by atomic mass is 10.2. The van der Waals surface area contributed by atoms with E-state index in [1.807, 2.05) is 0 Å². The fourth-order valence-corrected chi connectivity index (χ4v) is 2.39. The molecule has 0 aliphatic carbocycles. The molecule has 2 aromatic rings. The van der Waals surface area contributed by atoms with Gasteiger partial charge in [-0.05, 0) is 6.92 Å². The van der Waals surface area contributed by atoms with Gasteiger partial charge in [0.1, 0.15) is 22.1 Å². The molecule has 0 fully saturated rings. The first-order valence-corrected chi connectivity index (χ1v) is 5.90. The van der Waals surface area contributed by atoms with Gasteiger partial charge in [-0.1, -0.05) is 11.8 Å². The van der Waals surface area contributed by atoms with E-state index in [2.05, 4.69) is 19.9 Å². The van der Waals surface area contributed by atoms with Crippen molar-refractivity contribution in [1.82, 2.24) is 19.9 Å². The molecule has 2 unspecified atom stereocenters. The third-order valence-electron chi connectivity index (χ3n) is 2.23. The van der Waals surface area contributed by atoms with Crippen LogP contribution in [-0.4, -0.2) is 37.4 Å². The molecule has 0 aliphatic rings. The van der Waals surface area contributed by atoms with Crippen LogP contribution in [0, 0.1) is 0 Å². The molecule has 0 spiro atoms. The number of imidazole rings is 1. The smallest absolute Gasteiger partial charge is 0.341 e. The van der Waals surface area contributed by atoms with Crippen LogP contribution in [0.1, 0.15) is 6.92 Å². The Hall–Kier alpha value is -1.35. The summed E-state index contributed by atoms with van der Waals surface area (Å²) in [5.74, 6) is 0. The minimum atomic E-state index is -4.39. The Morgan fingerprint density at radius 3 is 2.67 bits per heavy atom. The number of nitrogens with one attached hydrogen (secondary N) is 1. The minimum absolute atomic E-state index is 0.192. The number of hydrogen-bond acceptors (Lipinski definition) is 5. The largest absolute Gasteiger partial charge is 0.402 e. The lowest BCUT2D eigenvalue weighted by Gasteiger charge is -2.22. The molecule has 0 saturated heterocycles. The van der Waals surface area contributed by atoms with Crippen molar-refractivity contribution in [1.29, 1.82) is 0 Å². The zero-order valence-electron chi connectivity index (χ0n) is 9.27. The fourth-order valence-electron chi connectivity index (χ4n) is 1.42. The molecule has 5 nitrogen and oxygen atoms in total. The number of fused-ring (bicyclic) bond motifs is 1. The second-order valence-electron chi connectivity index (χ2n) is 3.72. The second-order valence-corrected chi connectivity index (χ2v) is 4.85. The standard InChI is InChI=1S/C9H10F3N5S/c1-4(13)6(9(10,11)12)18-8-5-7(15-2-14-5)16-3-17-8/h2-4,6H,13H2,1H3,(H,14,15,16,17). The van der Waals surface area contributed by atoms with Crippen LogP contribution < -0.4 is 5.73 Å². The number of H-pyrrole nitrogens is 1. The highest BCUT2D eigenvalue weighted by Gasteiger charge is 2.43. The Morgan fingerprint density at radius 2 is 2.06 bits per heavy atom. The number of thioether (sulfide) groups is 1. The van der Waals surface area contributed by atoms with E-state index < -0.39 is 17.5 Å². The highest BCUT2D eigenvalue weighted by molar-refractivity contribution is 8.00. The highest BCUT2D eigenvalue weighted by Crippen LogP contribution is 2.37. The van der Waals surface area contributed by atoms with Crippen molar-refractivity contribution >= 4 is 22.9 Å². The molecule has 0 saturated carbocycles. The number of aromatic amines is 1. The zero-order chi connectivity index (χ0) is 13.3. The first-order chi connectivity index (χ1) is 8.39. The Bertz CT molecular complexity index is 538. The van der Waals surface area contributed by atoms with Crippen molar-refractivity contribution in [3.8, 4) is 0 Å². The van der Waals surface area contributed by atoms with Crippen LogP contribution in [0.25, 0.3) is 11.2 Å². The van der Waals surface area contributed by atoms with Crippen molar-refractivity contribution < 1.29 is 13.2 Å². The average molecular weight is 277 g/mol. The van der Waals surface area contributed by atoms with Gasteiger partial charge in [0, 0.05) is 6.04 Å². The minimum Gasteiger partial charge on any atom is -0.341 e. The second kappa shape index (κ2) is 4.73. The van der Waals surface area contributed by atoms with Gasteiger partial charge in [0.25, 0.3) is 0 Å². The van der Waals surface area contributed by atoms with Crippen LogP contribution in [0.15, 0.2) is 17.7 Å². The van der Waals surface area contributed by atoms with Gasteiger partial charge >= 0.3 is 6.18 Å². The summed E-state index contributed by atoms with van der Waals surface area (Å²) in [5.41, 5.74) is 6.10. The maximum absolute atomic E-state index is 12.8. The van der Waals surface area contributed by atoms with Gasteiger partial charge < -0.3 is 10.7 Å². The number of aromatic nitrogens is 4. The molecular formula is C9H10F3N5S. The molecule has 0 aromatic carbocycles. The zero-order valence-corrected chi connectivity index (χ0v) is 10.1. The number of alkyl halides is 3. The summed E-state index contributed by atoms with van der Waals surface area (Å²) in [6.45, 7) is 1.32. The first-order valence-electron chi connectivity index (χ1n) is 5.02. The predicted octanol–water partition coefficient (Wildman–Crippen LogP) is 1.72. The van der Waals surface area contributed by atoms with Gasteiger partial charge in [-0.2, -0.15) is 13.2 Å². The van der Waals surface area contributed by atoms with E-state index >= 15 is 0 Å². The third kappa shape index (κ3) is 2.56. The van der Waals surface area contributed by atoms with E-state index in [1.54, 1.807) is 0 Å². The van der Waals surface area contributed by atoms with Crippen molar-refractivity contribution in [2.45, 2.75) is 29.4 Å². The van der Waals surface area contributed by atoms with E-state index in [1.165, 1.54) is 19.6 Å². The SMILES string of the molecule is CC(N)C(Sc1ncnc2nc[nH]c12)C(F)(F)F. The van der Waals surface area contributed by atoms with E-state index in [4.69, 9.17) is 5.73 Å². The summed E-state index contributed by atoms with van der Waals surface area (Å²) in [6, 6.07) is -1.04. The summed E-state index contributed by atoms with van der Waals surface area (Å²) in [5, 5.41) is -1.53. The van der Waals surface area contributed by atoms with Crippen LogP contribution in [0.5, 0.6) is 0 Å². The lowest BCUT2D eigenvalue weighted by Crippen LogP contribution is -2.40. The van der Waals surface area contributed by atoms with Gasteiger partial charge in [-0.15, -0.1) is 0 Å². The van der Waals surface area contributed by atoms with E-state index in [0.717, 1.165) is 0 Å². The summed E-state index contributed by atoms with van der Waals surface area (Å²) < 4.78 is 38.4. The lowest BCUT2D eigenvalue weighted by molar-refractivity contribution is -0.131. The molecule has 2 rings (SSSR count). The number of nitrogens with two attached hydrogens (primary N) is 1. The van der Waals surface area contributed by atoms with E-state index in [-0.39, 0.29) is 5.03 Å². The first kappa shape index (κ1) is 13.1. The Morgan fingerprint density at radius 1 is 1.33 bits per heavy atom. The highest BCUT2D eigenvalue weighted by atomic mass is 32.2. The summed E-state index contributed by atoms with van der Waals surface area (Å²) in [7, 11) is 0. The molecule has 3 N–H and O–H groups in total. The van der Waals surface area contributed by atoms with Crippen LogP contribution >= 0.6 is 11.8 Å². The Kier molecular flexibility index (Phi) is 3.44. The van der Waals surface area contributed by atoms with Crippen molar-refractivity contribution in [3.05, 3.63) is 12.7 Å². The maximum atomic E-state index is 12.8. The summed E-state index contributed by atoms with van der Waals surface area (Å²) >= 11 is 0.566. The molecule has 0 bridgehead atoms. The van der Waals surface area contributed by atoms with Crippen molar-refractivity contribution in [2.75, 3.05) is 0 Å². The predicted molar refractivity (Wildman–Crippen MR) is 61.0 cm³/mol. The molecule has 18 heavy (non-hydrogen) atoms. The van der Waals surface area contributed by atoms with Crippen molar-refractivity contribution in [3.63, 3.8) is 0 Å². The van der Waals surface area contributed by atoms with Gasteiger partial charge in [0.2, 0.25) is 0 Å². The fraction of sp³-hybridized carbons (Fsp3) is 0.444. The topological polar surface area (TPSA) is 80.5 Å². The van der Waals surface area contributed by atoms with Gasteiger partial charge in [0.05, 0.1) is 6.33 Å².